The summed E-state index contributed by atoms with van der Waals surface area (Å²) in [6.45, 7) is 3.54. The van der Waals surface area contributed by atoms with Crippen LogP contribution in [0.5, 0.6) is 5.75 Å². The lowest BCUT2D eigenvalue weighted by Crippen LogP contribution is -2.00. The lowest BCUT2D eigenvalue weighted by molar-refractivity contribution is 0.317. The molecule has 4 heteroatoms. The highest BCUT2D eigenvalue weighted by Gasteiger charge is 2.00. The van der Waals surface area contributed by atoms with Gasteiger partial charge in [0.1, 0.15) is 5.75 Å². The van der Waals surface area contributed by atoms with Crippen molar-refractivity contribution in [3.8, 4) is 5.75 Å². The van der Waals surface area contributed by atoms with Crippen molar-refractivity contribution < 1.29 is 4.74 Å². The van der Waals surface area contributed by atoms with Crippen LogP contribution in [0.1, 0.15) is 18.9 Å². The Kier molecular flexibility index (Phi) is 5.57. The monoisotopic (exact) mass is 309 g/mol. The molecule has 106 valence electrons. The minimum atomic E-state index is 0.552. The highest BCUT2D eigenvalue weighted by atomic mass is 35.5. The summed E-state index contributed by atoms with van der Waals surface area (Å²) in [6, 6.07) is 13.6. The van der Waals surface area contributed by atoms with Gasteiger partial charge in [-0.2, -0.15) is 0 Å². The predicted molar refractivity (Wildman–Crippen MR) is 86.0 cm³/mol. The second-order valence-electron chi connectivity index (χ2n) is 4.48. The van der Waals surface area contributed by atoms with Gasteiger partial charge >= 0.3 is 0 Å². The maximum atomic E-state index is 5.99. The van der Waals surface area contributed by atoms with Crippen molar-refractivity contribution in [2.45, 2.75) is 19.9 Å². The molecule has 0 spiro atoms. The maximum Gasteiger partial charge on any atom is 0.119 e. The van der Waals surface area contributed by atoms with Gasteiger partial charge < -0.3 is 10.1 Å². The van der Waals surface area contributed by atoms with Crippen molar-refractivity contribution in [3.05, 3.63) is 58.1 Å². The van der Waals surface area contributed by atoms with Crippen molar-refractivity contribution in [1.82, 2.24) is 0 Å². The quantitative estimate of drug-likeness (QED) is 0.772. The number of hydrogen-bond acceptors (Lipinski definition) is 2. The number of rotatable bonds is 6. The van der Waals surface area contributed by atoms with Crippen molar-refractivity contribution >= 4 is 28.9 Å². The molecule has 0 aromatic heterocycles. The van der Waals surface area contributed by atoms with E-state index in [1.807, 2.05) is 30.3 Å². The Labute approximate surface area is 129 Å². The fourth-order valence-corrected chi connectivity index (χ4v) is 2.07. The third-order valence-corrected chi connectivity index (χ3v) is 3.53. The van der Waals surface area contributed by atoms with Crippen LogP contribution in [0.2, 0.25) is 10.0 Å². The molecule has 0 amide bonds. The first-order valence-electron chi connectivity index (χ1n) is 6.59. The molecule has 2 aromatic rings. The topological polar surface area (TPSA) is 21.3 Å². The minimum absolute atomic E-state index is 0.552. The van der Waals surface area contributed by atoms with E-state index in [4.69, 9.17) is 27.9 Å². The molecule has 1 N–H and O–H groups in total. The van der Waals surface area contributed by atoms with E-state index >= 15 is 0 Å². The van der Waals surface area contributed by atoms with E-state index in [9.17, 15) is 0 Å². The second-order valence-corrected chi connectivity index (χ2v) is 5.29. The van der Waals surface area contributed by atoms with Gasteiger partial charge in [0.05, 0.1) is 16.7 Å². The van der Waals surface area contributed by atoms with Crippen LogP contribution >= 0.6 is 23.2 Å². The largest absolute Gasteiger partial charge is 0.494 e. The van der Waals surface area contributed by atoms with Crippen molar-refractivity contribution in [2.24, 2.45) is 0 Å². The van der Waals surface area contributed by atoms with Crippen LogP contribution in [0, 0.1) is 0 Å². The van der Waals surface area contributed by atoms with Crippen LogP contribution < -0.4 is 10.1 Å². The summed E-state index contributed by atoms with van der Waals surface area (Å²) in [5, 5.41) is 4.43. The molecule has 2 aromatic carbocycles. The molecule has 0 radical (unpaired) electrons. The van der Waals surface area contributed by atoms with E-state index in [1.165, 1.54) is 0 Å². The Hall–Kier alpha value is -1.38. The number of nitrogens with one attached hydrogen (secondary N) is 1. The Morgan fingerprint density at radius 3 is 2.65 bits per heavy atom. The van der Waals surface area contributed by atoms with Gasteiger partial charge in [-0.3, -0.25) is 0 Å². The molecule has 2 nitrogen and oxygen atoms in total. The standard InChI is InChI=1S/C16H17Cl2NO/c1-2-8-20-14-5-3-4-12(9-14)11-19-13-6-7-15(17)16(18)10-13/h3-7,9-10,19H,2,8,11H2,1H3. The van der Waals surface area contributed by atoms with Crippen LogP contribution in [-0.2, 0) is 6.54 Å². The zero-order valence-corrected chi connectivity index (χ0v) is 12.8. The normalized spacial score (nSPS) is 10.3. The van der Waals surface area contributed by atoms with E-state index in [0.717, 1.165) is 30.0 Å². The molecule has 0 bridgehead atoms. The van der Waals surface area contributed by atoms with E-state index < -0.39 is 0 Å². The SMILES string of the molecule is CCCOc1cccc(CNc2ccc(Cl)c(Cl)c2)c1. The first-order chi connectivity index (χ1) is 9.69. The van der Waals surface area contributed by atoms with Gasteiger partial charge in [0.25, 0.3) is 0 Å². The van der Waals surface area contributed by atoms with Gasteiger partial charge in [-0.05, 0) is 42.3 Å². The Bertz CT molecular complexity index is 572. The smallest absolute Gasteiger partial charge is 0.119 e. The van der Waals surface area contributed by atoms with Crippen LogP contribution in [-0.4, -0.2) is 6.61 Å². The second kappa shape index (κ2) is 7.41. The molecule has 0 saturated heterocycles. The number of ether oxygens (including phenoxy) is 1. The van der Waals surface area contributed by atoms with E-state index in [2.05, 4.69) is 18.3 Å². The Balaban J connectivity index is 1.97. The van der Waals surface area contributed by atoms with Gasteiger partial charge in [-0.15, -0.1) is 0 Å². The molecule has 0 aliphatic carbocycles. The molecule has 0 saturated carbocycles. The first kappa shape index (κ1) is 15.0. The summed E-state index contributed by atoms with van der Waals surface area (Å²) in [5.74, 6) is 0.903. The predicted octanol–water partition coefficient (Wildman–Crippen LogP) is 5.39. The molecule has 2 rings (SSSR count). The number of benzene rings is 2. The van der Waals surface area contributed by atoms with Crippen LogP contribution in [0.25, 0.3) is 0 Å². The number of hydrogen-bond donors (Lipinski definition) is 1. The van der Waals surface area contributed by atoms with E-state index in [1.54, 1.807) is 6.07 Å². The van der Waals surface area contributed by atoms with Crippen LogP contribution in [0.3, 0.4) is 0 Å². The fraction of sp³-hybridized carbons (Fsp3) is 0.250. The fourth-order valence-electron chi connectivity index (χ4n) is 1.78. The van der Waals surface area contributed by atoms with Gasteiger partial charge in [-0.25, -0.2) is 0 Å². The summed E-state index contributed by atoms with van der Waals surface area (Å²) in [6.07, 6.45) is 1.01. The van der Waals surface area contributed by atoms with E-state index in [-0.39, 0.29) is 0 Å². The zero-order chi connectivity index (χ0) is 14.4. The summed E-state index contributed by atoms with van der Waals surface area (Å²) in [5.41, 5.74) is 2.10. The van der Waals surface area contributed by atoms with Crippen LogP contribution in [0.4, 0.5) is 5.69 Å². The van der Waals surface area contributed by atoms with Gasteiger partial charge in [0.2, 0.25) is 0 Å². The van der Waals surface area contributed by atoms with Crippen molar-refractivity contribution in [3.63, 3.8) is 0 Å². The minimum Gasteiger partial charge on any atom is -0.494 e. The van der Waals surface area contributed by atoms with Gasteiger partial charge in [0, 0.05) is 12.2 Å². The molecule has 0 atom stereocenters. The summed E-state index contributed by atoms with van der Waals surface area (Å²) < 4.78 is 5.62. The average molecular weight is 310 g/mol. The maximum absolute atomic E-state index is 5.99. The lowest BCUT2D eigenvalue weighted by atomic mass is 10.2. The van der Waals surface area contributed by atoms with E-state index in [0.29, 0.717) is 16.6 Å². The molecule has 0 heterocycles. The average Bonchev–Trinajstić information content (AvgIpc) is 2.47. The number of halogens is 2. The number of anilines is 1. The Morgan fingerprint density at radius 2 is 1.90 bits per heavy atom. The highest BCUT2D eigenvalue weighted by Crippen LogP contribution is 2.25. The van der Waals surface area contributed by atoms with Crippen molar-refractivity contribution in [2.75, 3.05) is 11.9 Å². The summed E-state index contributed by atoms with van der Waals surface area (Å²) in [7, 11) is 0. The van der Waals surface area contributed by atoms with Gasteiger partial charge in [-0.1, -0.05) is 42.3 Å². The van der Waals surface area contributed by atoms with Gasteiger partial charge in [0.15, 0.2) is 0 Å². The molecule has 0 aliphatic rings. The lowest BCUT2D eigenvalue weighted by Gasteiger charge is -2.09. The molecule has 0 fully saturated rings. The molecular weight excluding hydrogens is 293 g/mol. The summed E-state index contributed by atoms with van der Waals surface area (Å²) in [4.78, 5) is 0. The zero-order valence-electron chi connectivity index (χ0n) is 11.3. The van der Waals surface area contributed by atoms with Crippen molar-refractivity contribution in [1.29, 1.82) is 0 Å². The highest BCUT2D eigenvalue weighted by molar-refractivity contribution is 6.42. The molecular formula is C16H17Cl2NO. The third-order valence-electron chi connectivity index (χ3n) is 2.79. The van der Waals surface area contributed by atoms with Crippen LogP contribution in [0.15, 0.2) is 42.5 Å². The molecule has 20 heavy (non-hydrogen) atoms. The first-order valence-corrected chi connectivity index (χ1v) is 7.35. The molecule has 0 aliphatic heterocycles. The molecule has 0 unspecified atom stereocenters. The Morgan fingerprint density at radius 1 is 1.05 bits per heavy atom. The third kappa shape index (κ3) is 4.32. The summed E-state index contributed by atoms with van der Waals surface area (Å²) >= 11 is 11.9.